The molecule has 2 atom stereocenters. The summed E-state index contributed by atoms with van der Waals surface area (Å²) in [6.07, 6.45) is 9.70. The molecule has 1 aliphatic rings. The molecule has 1 unspecified atom stereocenters. The van der Waals surface area contributed by atoms with E-state index in [4.69, 9.17) is 4.74 Å². The van der Waals surface area contributed by atoms with Crippen molar-refractivity contribution >= 4 is 0 Å². The zero-order valence-electron chi connectivity index (χ0n) is 15.4. The summed E-state index contributed by atoms with van der Waals surface area (Å²) in [4.78, 5) is 0. The molecule has 0 amide bonds. The Morgan fingerprint density at radius 1 is 1.22 bits per heavy atom. The van der Waals surface area contributed by atoms with E-state index >= 15 is 0 Å². The van der Waals surface area contributed by atoms with Crippen molar-refractivity contribution in [1.82, 2.24) is 0 Å². The van der Waals surface area contributed by atoms with Crippen molar-refractivity contribution < 1.29 is 9.84 Å². The first-order valence-corrected chi connectivity index (χ1v) is 9.53. The highest BCUT2D eigenvalue weighted by Gasteiger charge is 2.26. The number of ether oxygens (including phenoxy) is 1. The second kappa shape index (κ2) is 8.61. The number of phenols is 1. The maximum atomic E-state index is 10.7. The third-order valence-electron chi connectivity index (χ3n) is 4.96. The lowest BCUT2D eigenvalue weighted by Crippen LogP contribution is -2.15. The van der Waals surface area contributed by atoms with Crippen LogP contribution in [-0.4, -0.2) is 11.2 Å². The Morgan fingerprint density at radius 2 is 2.00 bits per heavy atom. The maximum absolute atomic E-state index is 10.7. The van der Waals surface area contributed by atoms with Gasteiger partial charge in [0.15, 0.2) is 0 Å². The Balaban J connectivity index is 2.27. The predicted molar refractivity (Wildman–Crippen MR) is 97.5 cm³/mol. The molecule has 0 saturated heterocycles. The summed E-state index contributed by atoms with van der Waals surface area (Å²) in [6.45, 7) is 8.67. The van der Waals surface area contributed by atoms with Gasteiger partial charge >= 0.3 is 0 Å². The minimum absolute atomic E-state index is 0.139. The van der Waals surface area contributed by atoms with Crippen LogP contribution in [0, 0.1) is 5.92 Å². The molecule has 1 N–H and O–H groups in total. The molecule has 2 rings (SSSR count). The van der Waals surface area contributed by atoms with Gasteiger partial charge in [-0.05, 0) is 69.1 Å². The van der Waals surface area contributed by atoms with Gasteiger partial charge in [-0.1, -0.05) is 39.5 Å². The summed E-state index contributed by atoms with van der Waals surface area (Å²) in [7, 11) is 0. The van der Waals surface area contributed by atoms with Crippen LogP contribution < -0.4 is 4.74 Å². The molecule has 0 spiro atoms. The van der Waals surface area contributed by atoms with Crippen LogP contribution in [0.2, 0.25) is 0 Å². The molecule has 0 bridgehead atoms. The lowest BCUT2D eigenvalue weighted by atomic mass is 9.78. The topological polar surface area (TPSA) is 29.5 Å². The van der Waals surface area contributed by atoms with Gasteiger partial charge in [-0.3, -0.25) is 0 Å². The molecule has 23 heavy (non-hydrogen) atoms. The lowest BCUT2D eigenvalue weighted by Gasteiger charge is -2.29. The van der Waals surface area contributed by atoms with Crippen molar-refractivity contribution in [2.45, 2.75) is 91.1 Å². The molecule has 0 radical (unpaired) electrons. The molecular formula is C21H34O2. The van der Waals surface area contributed by atoms with Crippen LogP contribution in [0.3, 0.4) is 0 Å². The molecule has 1 fully saturated rings. The summed E-state index contributed by atoms with van der Waals surface area (Å²) in [5, 5.41) is 10.7. The van der Waals surface area contributed by atoms with Gasteiger partial charge < -0.3 is 9.84 Å². The highest BCUT2D eigenvalue weighted by molar-refractivity contribution is 5.50. The molecule has 1 aromatic rings. The van der Waals surface area contributed by atoms with E-state index in [-0.39, 0.29) is 6.10 Å². The largest absolute Gasteiger partial charge is 0.508 e. The second-order valence-corrected chi connectivity index (χ2v) is 7.62. The summed E-state index contributed by atoms with van der Waals surface area (Å²) in [5.41, 5.74) is 2.27. The van der Waals surface area contributed by atoms with Crippen LogP contribution in [0.25, 0.3) is 0 Å². The molecule has 2 heteroatoms. The van der Waals surface area contributed by atoms with Crippen molar-refractivity contribution in [3.05, 3.63) is 23.3 Å². The number of aromatic hydroxyl groups is 1. The molecule has 1 saturated carbocycles. The van der Waals surface area contributed by atoms with Gasteiger partial charge in [-0.2, -0.15) is 0 Å². The van der Waals surface area contributed by atoms with Gasteiger partial charge in [0.05, 0.1) is 6.10 Å². The van der Waals surface area contributed by atoms with Crippen LogP contribution in [-0.2, 0) is 6.42 Å². The minimum atomic E-state index is 0.139. The summed E-state index contributed by atoms with van der Waals surface area (Å²) in [5.74, 6) is 2.56. The van der Waals surface area contributed by atoms with E-state index in [1.165, 1.54) is 44.1 Å². The average molecular weight is 319 g/mol. The van der Waals surface area contributed by atoms with Crippen LogP contribution in [0.15, 0.2) is 12.1 Å². The lowest BCUT2D eigenvalue weighted by molar-refractivity contribution is 0.232. The maximum Gasteiger partial charge on any atom is 0.127 e. The molecule has 2 nitrogen and oxygen atoms in total. The Hall–Kier alpha value is -1.18. The van der Waals surface area contributed by atoms with Gasteiger partial charge in [0, 0.05) is 5.56 Å². The third-order valence-corrected chi connectivity index (χ3v) is 4.96. The van der Waals surface area contributed by atoms with Crippen molar-refractivity contribution in [1.29, 1.82) is 0 Å². The number of benzene rings is 1. The fourth-order valence-corrected chi connectivity index (χ4v) is 3.85. The van der Waals surface area contributed by atoms with Crippen molar-refractivity contribution in [2.24, 2.45) is 5.92 Å². The number of hydrogen-bond acceptors (Lipinski definition) is 2. The normalized spacial score (nSPS) is 21.6. The Morgan fingerprint density at radius 3 is 2.65 bits per heavy atom. The van der Waals surface area contributed by atoms with Crippen molar-refractivity contribution in [3.8, 4) is 11.5 Å². The van der Waals surface area contributed by atoms with E-state index in [1.807, 2.05) is 6.07 Å². The Labute approximate surface area is 142 Å². The Bertz CT molecular complexity index is 493. The highest BCUT2D eigenvalue weighted by atomic mass is 16.5. The predicted octanol–water partition coefficient (Wildman–Crippen LogP) is 6.21. The van der Waals surface area contributed by atoms with Gasteiger partial charge in [0.25, 0.3) is 0 Å². The van der Waals surface area contributed by atoms with Crippen molar-refractivity contribution in [2.75, 3.05) is 0 Å². The summed E-state index contributed by atoms with van der Waals surface area (Å²) >= 11 is 0. The van der Waals surface area contributed by atoms with E-state index in [0.717, 1.165) is 30.1 Å². The average Bonchev–Trinajstić information content (AvgIpc) is 2.46. The first-order valence-electron chi connectivity index (χ1n) is 9.53. The van der Waals surface area contributed by atoms with Crippen LogP contribution in [0.4, 0.5) is 0 Å². The standard InChI is InChI=1S/C21H34O2/c1-5-6-7-10-17-13-19(22)21(20(14-17)23-15(2)3)18-11-8-9-16(4)12-18/h13-16,18,22H,5-12H2,1-4H3/t16-,18?/m1/s1. The number of aryl methyl sites for hydroxylation is 1. The van der Waals surface area contributed by atoms with E-state index in [2.05, 4.69) is 33.8 Å². The van der Waals surface area contributed by atoms with E-state index in [1.54, 1.807) is 0 Å². The van der Waals surface area contributed by atoms with Gasteiger partial charge in [-0.25, -0.2) is 0 Å². The number of phenolic OH excluding ortho intramolecular Hbond substituents is 1. The quantitative estimate of drug-likeness (QED) is 0.606. The van der Waals surface area contributed by atoms with Gasteiger partial charge in [0.1, 0.15) is 11.5 Å². The fourth-order valence-electron chi connectivity index (χ4n) is 3.85. The van der Waals surface area contributed by atoms with Crippen LogP contribution >= 0.6 is 0 Å². The van der Waals surface area contributed by atoms with E-state index in [0.29, 0.717) is 11.7 Å². The van der Waals surface area contributed by atoms with Crippen LogP contribution in [0.5, 0.6) is 11.5 Å². The zero-order valence-corrected chi connectivity index (χ0v) is 15.4. The molecule has 1 aliphatic carbocycles. The molecule has 0 heterocycles. The number of rotatable bonds is 7. The fraction of sp³-hybridized carbons (Fsp3) is 0.714. The van der Waals surface area contributed by atoms with Crippen LogP contribution in [0.1, 0.15) is 89.7 Å². The molecular weight excluding hydrogens is 284 g/mol. The molecule has 0 aliphatic heterocycles. The smallest absolute Gasteiger partial charge is 0.127 e. The minimum Gasteiger partial charge on any atom is -0.508 e. The van der Waals surface area contributed by atoms with Gasteiger partial charge in [0.2, 0.25) is 0 Å². The second-order valence-electron chi connectivity index (χ2n) is 7.62. The number of unbranched alkanes of at least 4 members (excludes halogenated alkanes) is 2. The zero-order chi connectivity index (χ0) is 16.8. The third kappa shape index (κ3) is 5.16. The summed E-state index contributed by atoms with van der Waals surface area (Å²) < 4.78 is 6.10. The monoisotopic (exact) mass is 318 g/mol. The first kappa shape index (κ1) is 18.2. The van der Waals surface area contributed by atoms with E-state index < -0.39 is 0 Å². The molecule has 130 valence electrons. The number of hydrogen-bond donors (Lipinski definition) is 1. The van der Waals surface area contributed by atoms with Crippen molar-refractivity contribution in [3.63, 3.8) is 0 Å². The summed E-state index contributed by atoms with van der Waals surface area (Å²) in [6, 6.07) is 4.17. The highest BCUT2D eigenvalue weighted by Crippen LogP contribution is 2.45. The van der Waals surface area contributed by atoms with E-state index in [9.17, 15) is 5.11 Å². The molecule has 0 aromatic heterocycles. The first-order chi connectivity index (χ1) is 11.0. The van der Waals surface area contributed by atoms with Gasteiger partial charge in [-0.15, -0.1) is 0 Å². The SMILES string of the molecule is CCCCCc1cc(O)c(C2CCC[C@@H](C)C2)c(OC(C)C)c1. The molecule has 1 aromatic carbocycles. The Kier molecular flexibility index (Phi) is 6.80.